The molecule has 1 N–H and O–H groups in total. The van der Waals surface area contributed by atoms with Crippen LogP contribution in [0.25, 0.3) is 0 Å². The summed E-state index contributed by atoms with van der Waals surface area (Å²) in [5.74, 6) is 0. The molecule has 1 atom stereocenters. The van der Waals surface area contributed by atoms with Crippen LogP contribution in [0.2, 0.25) is 0 Å². The number of aryl methyl sites for hydroxylation is 1. The fourth-order valence-electron chi connectivity index (χ4n) is 2.54. The SMILES string of the molecule is CN(CCNC1CCCc2sccc21)C(=O)OC(C)(C)C. The summed E-state index contributed by atoms with van der Waals surface area (Å²) in [6, 6.07) is 2.67. The van der Waals surface area contributed by atoms with E-state index >= 15 is 0 Å². The second-order valence-corrected chi connectivity index (χ2v) is 7.60. The first-order chi connectivity index (χ1) is 9.87. The fraction of sp³-hybridized carbons (Fsp3) is 0.688. The Morgan fingerprint density at radius 3 is 3.00 bits per heavy atom. The van der Waals surface area contributed by atoms with Crippen molar-refractivity contribution in [2.75, 3.05) is 20.1 Å². The third-order valence-electron chi connectivity index (χ3n) is 3.60. The third kappa shape index (κ3) is 4.71. The van der Waals surface area contributed by atoms with Gasteiger partial charge in [0, 0.05) is 31.1 Å². The highest BCUT2D eigenvalue weighted by Crippen LogP contribution is 2.32. The Kier molecular flexibility index (Phi) is 5.27. The molecule has 1 amide bonds. The summed E-state index contributed by atoms with van der Waals surface area (Å²) in [5.41, 5.74) is 1.01. The number of rotatable bonds is 4. The number of amides is 1. The number of ether oxygens (including phenoxy) is 1. The minimum Gasteiger partial charge on any atom is -0.444 e. The summed E-state index contributed by atoms with van der Waals surface area (Å²) in [4.78, 5) is 15.0. The van der Waals surface area contributed by atoms with Gasteiger partial charge in [0.05, 0.1) is 0 Å². The lowest BCUT2D eigenvalue weighted by Gasteiger charge is -2.27. The summed E-state index contributed by atoms with van der Waals surface area (Å²) in [6.45, 7) is 7.10. The predicted molar refractivity (Wildman–Crippen MR) is 86.9 cm³/mol. The molecule has 0 saturated carbocycles. The van der Waals surface area contributed by atoms with Crippen LogP contribution in [0.1, 0.15) is 50.1 Å². The molecule has 0 bridgehead atoms. The zero-order valence-corrected chi connectivity index (χ0v) is 14.3. The molecule has 0 aromatic carbocycles. The standard InChI is InChI=1S/C16H26N2O2S/c1-16(2,3)20-15(19)18(4)10-9-17-13-6-5-7-14-12(13)8-11-21-14/h8,11,13,17H,5-7,9-10H2,1-4H3. The van der Waals surface area contributed by atoms with Crippen LogP contribution in [-0.4, -0.2) is 36.7 Å². The van der Waals surface area contributed by atoms with Crippen molar-refractivity contribution in [2.24, 2.45) is 0 Å². The second-order valence-electron chi connectivity index (χ2n) is 6.60. The van der Waals surface area contributed by atoms with Crippen LogP contribution < -0.4 is 5.32 Å². The van der Waals surface area contributed by atoms with Crippen LogP contribution in [-0.2, 0) is 11.2 Å². The highest BCUT2D eigenvalue weighted by molar-refractivity contribution is 7.10. The molecule has 1 aromatic heterocycles. The number of likely N-dealkylation sites (N-methyl/N-ethyl adjacent to an activating group) is 1. The molecule has 1 aromatic rings. The molecular weight excluding hydrogens is 284 g/mol. The first kappa shape index (κ1) is 16.3. The number of fused-ring (bicyclic) bond motifs is 1. The summed E-state index contributed by atoms with van der Waals surface area (Å²) in [6.07, 6.45) is 3.37. The van der Waals surface area contributed by atoms with Crippen LogP contribution in [0.5, 0.6) is 0 Å². The molecule has 5 heteroatoms. The molecule has 1 heterocycles. The summed E-state index contributed by atoms with van der Waals surface area (Å²) < 4.78 is 5.35. The molecule has 0 saturated heterocycles. The van der Waals surface area contributed by atoms with Gasteiger partial charge in [-0.3, -0.25) is 0 Å². The molecule has 0 radical (unpaired) electrons. The second kappa shape index (κ2) is 6.79. The van der Waals surface area contributed by atoms with Crippen molar-refractivity contribution in [1.29, 1.82) is 0 Å². The quantitative estimate of drug-likeness (QED) is 0.924. The maximum atomic E-state index is 11.9. The normalized spacial score (nSPS) is 18.2. The van der Waals surface area contributed by atoms with Crippen molar-refractivity contribution in [3.05, 3.63) is 21.9 Å². The molecule has 1 aliphatic rings. The number of nitrogens with one attached hydrogen (secondary N) is 1. The predicted octanol–water partition coefficient (Wildman–Crippen LogP) is 3.58. The molecular formula is C16H26N2O2S. The van der Waals surface area contributed by atoms with Gasteiger partial charge in [-0.25, -0.2) is 4.79 Å². The Bertz CT molecular complexity index is 479. The molecule has 1 unspecified atom stereocenters. The molecule has 118 valence electrons. The first-order valence-corrected chi connectivity index (χ1v) is 8.48. The lowest BCUT2D eigenvalue weighted by atomic mass is 9.94. The van der Waals surface area contributed by atoms with E-state index in [1.807, 2.05) is 32.1 Å². The smallest absolute Gasteiger partial charge is 0.410 e. The van der Waals surface area contributed by atoms with E-state index in [4.69, 9.17) is 4.74 Å². The van der Waals surface area contributed by atoms with E-state index < -0.39 is 5.60 Å². The number of carbonyl (C=O) groups is 1. The largest absolute Gasteiger partial charge is 0.444 e. The molecule has 0 spiro atoms. The van der Waals surface area contributed by atoms with Gasteiger partial charge >= 0.3 is 6.09 Å². The van der Waals surface area contributed by atoms with Gasteiger partial charge in [0.25, 0.3) is 0 Å². The van der Waals surface area contributed by atoms with E-state index in [1.165, 1.54) is 29.7 Å². The Labute approximate surface area is 131 Å². The first-order valence-electron chi connectivity index (χ1n) is 7.60. The van der Waals surface area contributed by atoms with Crippen LogP contribution in [0.15, 0.2) is 11.4 Å². The molecule has 2 rings (SSSR count). The van der Waals surface area contributed by atoms with Gasteiger partial charge in [-0.05, 0) is 57.0 Å². The molecule has 0 fully saturated rings. The van der Waals surface area contributed by atoms with Crippen molar-refractivity contribution in [1.82, 2.24) is 10.2 Å². The minimum absolute atomic E-state index is 0.260. The van der Waals surface area contributed by atoms with Crippen LogP contribution in [0, 0.1) is 0 Å². The average Bonchev–Trinajstić information content (AvgIpc) is 2.85. The van der Waals surface area contributed by atoms with Gasteiger partial charge in [0.1, 0.15) is 5.60 Å². The van der Waals surface area contributed by atoms with Gasteiger partial charge in [0.2, 0.25) is 0 Å². The Morgan fingerprint density at radius 2 is 2.29 bits per heavy atom. The number of thiophene rings is 1. The number of hydrogen-bond acceptors (Lipinski definition) is 4. The van der Waals surface area contributed by atoms with Gasteiger partial charge < -0.3 is 15.0 Å². The zero-order valence-electron chi connectivity index (χ0n) is 13.4. The monoisotopic (exact) mass is 310 g/mol. The van der Waals surface area contributed by atoms with Gasteiger partial charge in [0.15, 0.2) is 0 Å². The van der Waals surface area contributed by atoms with Crippen molar-refractivity contribution in [2.45, 2.75) is 51.7 Å². The Hall–Kier alpha value is -1.07. The van der Waals surface area contributed by atoms with Crippen molar-refractivity contribution >= 4 is 17.4 Å². The van der Waals surface area contributed by atoms with E-state index in [0.29, 0.717) is 12.6 Å². The van der Waals surface area contributed by atoms with Crippen LogP contribution >= 0.6 is 11.3 Å². The van der Waals surface area contributed by atoms with Crippen molar-refractivity contribution < 1.29 is 9.53 Å². The third-order valence-corrected chi connectivity index (χ3v) is 4.59. The Balaban J connectivity index is 1.76. The van der Waals surface area contributed by atoms with E-state index in [1.54, 1.807) is 11.9 Å². The lowest BCUT2D eigenvalue weighted by molar-refractivity contribution is 0.0299. The summed E-state index contributed by atoms with van der Waals surface area (Å²) in [7, 11) is 1.78. The van der Waals surface area contributed by atoms with E-state index in [9.17, 15) is 4.79 Å². The van der Waals surface area contributed by atoms with Crippen LogP contribution in [0.3, 0.4) is 0 Å². The Morgan fingerprint density at radius 1 is 1.52 bits per heavy atom. The summed E-state index contributed by atoms with van der Waals surface area (Å²) in [5, 5.41) is 5.75. The van der Waals surface area contributed by atoms with Gasteiger partial charge in [-0.2, -0.15) is 0 Å². The van der Waals surface area contributed by atoms with E-state index in [2.05, 4.69) is 16.8 Å². The van der Waals surface area contributed by atoms with Crippen molar-refractivity contribution in [3.8, 4) is 0 Å². The molecule has 4 nitrogen and oxygen atoms in total. The molecule has 1 aliphatic carbocycles. The van der Waals surface area contributed by atoms with Crippen LogP contribution in [0.4, 0.5) is 4.79 Å². The topological polar surface area (TPSA) is 41.6 Å². The number of hydrogen-bond donors (Lipinski definition) is 1. The highest BCUT2D eigenvalue weighted by Gasteiger charge is 2.22. The lowest BCUT2D eigenvalue weighted by Crippen LogP contribution is -2.39. The minimum atomic E-state index is -0.437. The highest BCUT2D eigenvalue weighted by atomic mass is 32.1. The average molecular weight is 310 g/mol. The molecule has 21 heavy (non-hydrogen) atoms. The molecule has 0 aliphatic heterocycles. The fourth-order valence-corrected chi connectivity index (χ4v) is 3.52. The zero-order chi connectivity index (χ0) is 15.5. The van der Waals surface area contributed by atoms with E-state index in [-0.39, 0.29) is 6.09 Å². The van der Waals surface area contributed by atoms with Gasteiger partial charge in [-0.15, -0.1) is 11.3 Å². The summed E-state index contributed by atoms with van der Waals surface area (Å²) >= 11 is 1.86. The van der Waals surface area contributed by atoms with Crippen molar-refractivity contribution in [3.63, 3.8) is 0 Å². The van der Waals surface area contributed by atoms with E-state index in [0.717, 1.165) is 6.54 Å². The van der Waals surface area contributed by atoms with Gasteiger partial charge in [-0.1, -0.05) is 0 Å². The maximum absolute atomic E-state index is 11.9. The number of nitrogens with zero attached hydrogens (tertiary/aromatic N) is 1. The number of carbonyl (C=O) groups excluding carboxylic acids is 1. The maximum Gasteiger partial charge on any atom is 0.410 e.